The van der Waals surface area contributed by atoms with Crippen LogP contribution in [-0.4, -0.2) is 53.8 Å². The van der Waals surface area contributed by atoms with Crippen LogP contribution in [0.25, 0.3) is 11.0 Å². The van der Waals surface area contributed by atoms with Crippen molar-refractivity contribution in [2.45, 2.75) is 13.3 Å². The van der Waals surface area contributed by atoms with Crippen molar-refractivity contribution in [1.29, 1.82) is 0 Å². The molecular weight excluding hydrogens is 498 g/mol. The molecule has 2 N–H and O–H groups in total. The van der Waals surface area contributed by atoms with E-state index in [1.807, 2.05) is 0 Å². The SMILES string of the molecule is COCCNS(=O)(=O)Nc1cccc(Cc2c(C)c3cc(Cl)c(OC(=O)N(C)C)cc3oc2=O)c1. The summed E-state index contributed by atoms with van der Waals surface area (Å²) in [5.74, 6) is 0.0762. The van der Waals surface area contributed by atoms with Crippen LogP contribution in [0.4, 0.5) is 10.5 Å². The van der Waals surface area contributed by atoms with Crippen molar-refractivity contribution in [1.82, 2.24) is 9.62 Å². The predicted octanol–water partition coefficient (Wildman–Crippen LogP) is 3.30. The maximum absolute atomic E-state index is 12.8. The summed E-state index contributed by atoms with van der Waals surface area (Å²) in [4.78, 5) is 25.9. The number of halogens is 1. The van der Waals surface area contributed by atoms with Gasteiger partial charge < -0.3 is 18.8 Å². The molecule has 0 bridgehead atoms. The number of amides is 1. The average Bonchev–Trinajstić information content (AvgIpc) is 2.78. The van der Waals surface area contributed by atoms with E-state index in [9.17, 15) is 18.0 Å². The third-order valence-electron chi connectivity index (χ3n) is 5.06. The first-order chi connectivity index (χ1) is 16.5. The number of carbonyl (C=O) groups is 1. The van der Waals surface area contributed by atoms with Crippen LogP contribution in [0.3, 0.4) is 0 Å². The van der Waals surface area contributed by atoms with Gasteiger partial charge >= 0.3 is 11.7 Å². The zero-order valence-electron chi connectivity index (χ0n) is 19.7. The Bertz CT molecular complexity index is 1400. The molecule has 0 unspecified atom stereocenters. The number of aryl methyl sites for hydroxylation is 1. The fraction of sp³-hybridized carbons (Fsp3) is 0.304. The second-order valence-electron chi connectivity index (χ2n) is 7.90. The molecule has 35 heavy (non-hydrogen) atoms. The quantitative estimate of drug-likeness (QED) is 0.325. The Kier molecular flexibility index (Phi) is 8.39. The smallest absolute Gasteiger partial charge is 0.414 e. The van der Waals surface area contributed by atoms with Crippen LogP contribution in [0.5, 0.6) is 5.75 Å². The van der Waals surface area contributed by atoms with Crippen molar-refractivity contribution in [2.24, 2.45) is 0 Å². The third kappa shape index (κ3) is 6.73. The van der Waals surface area contributed by atoms with Gasteiger partial charge in [-0.1, -0.05) is 23.7 Å². The van der Waals surface area contributed by atoms with E-state index >= 15 is 0 Å². The van der Waals surface area contributed by atoms with E-state index in [2.05, 4.69) is 9.44 Å². The molecule has 0 aliphatic rings. The number of hydrogen-bond donors (Lipinski definition) is 2. The Labute approximate surface area is 208 Å². The molecule has 0 radical (unpaired) electrons. The first kappa shape index (κ1) is 26.5. The lowest BCUT2D eigenvalue weighted by Crippen LogP contribution is -2.32. The molecule has 0 saturated heterocycles. The van der Waals surface area contributed by atoms with Gasteiger partial charge in [-0.25, -0.2) is 9.59 Å². The fourth-order valence-corrected chi connectivity index (χ4v) is 4.34. The van der Waals surface area contributed by atoms with E-state index < -0.39 is 21.9 Å². The molecule has 0 aliphatic carbocycles. The predicted molar refractivity (Wildman–Crippen MR) is 134 cm³/mol. The Morgan fingerprint density at radius 2 is 1.94 bits per heavy atom. The summed E-state index contributed by atoms with van der Waals surface area (Å²) in [6.07, 6.45) is -0.419. The minimum Gasteiger partial charge on any atom is -0.422 e. The van der Waals surface area contributed by atoms with Crippen molar-refractivity contribution in [3.8, 4) is 5.75 Å². The topological polar surface area (TPSA) is 127 Å². The van der Waals surface area contributed by atoms with E-state index in [-0.39, 0.29) is 35.9 Å². The number of rotatable bonds is 9. The molecule has 0 saturated carbocycles. The molecule has 12 heteroatoms. The molecule has 0 atom stereocenters. The van der Waals surface area contributed by atoms with Gasteiger partial charge in [0.1, 0.15) is 5.58 Å². The number of hydrogen-bond acceptors (Lipinski definition) is 7. The number of nitrogens with one attached hydrogen (secondary N) is 2. The Morgan fingerprint density at radius 3 is 2.63 bits per heavy atom. The van der Waals surface area contributed by atoms with Crippen LogP contribution in [0.15, 0.2) is 45.6 Å². The highest BCUT2D eigenvalue weighted by Gasteiger charge is 2.17. The Morgan fingerprint density at radius 1 is 1.20 bits per heavy atom. The standard InChI is InChI=1S/C23H26ClN3O7S/c1-14-17-12-19(24)21(34-23(29)27(2)3)13-20(17)33-22(28)18(14)11-15-6-5-7-16(10-15)26-35(30,31)25-8-9-32-4/h5-7,10,12-13,25-26H,8-9,11H2,1-4H3. The van der Waals surface area contributed by atoms with E-state index in [1.165, 1.54) is 32.2 Å². The molecular formula is C23H26ClN3O7S. The minimum atomic E-state index is -3.78. The Hall–Kier alpha value is -3.12. The zero-order chi connectivity index (χ0) is 25.8. The van der Waals surface area contributed by atoms with Crippen molar-refractivity contribution in [3.63, 3.8) is 0 Å². The highest BCUT2D eigenvalue weighted by Crippen LogP contribution is 2.32. The average molecular weight is 524 g/mol. The van der Waals surface area contributed by atoms with E-state index in [0.717, 1.165) is 0 Å². The summed E-state index contributed by atoms with van der Waals surface area (Å²) >= 11 is 6.31. The van der Waals surface area contributed by atoms with Crippen molar-refractivity contribution < 1.29 is 27.1 Å². The van der Waals surface area contributed by atoms with Gasteiger partial charge in [-0.2, -0.15) is 13.1 Å². The molecule has 10 nitrogen and oxygen atoms in total. The van der Waals surface area contributed by atoms with Crippen molar-refractivity contribution in [2.75, 3.05) is 39.1 Å². The van der Waals surface area contributed by atoms with Crippen molar-refractivity contribution in [3.05, 3.63) is 68.5 Å². The minimum absolute atomic E-state index is 0.0762. The Balaban J connectivity index is 1.89. The van der Waals surface area contributed by atoms with Crippen LogP contribution in [0, 0.1) is 6.92 Å². The molecule has 0 spiro atoms. The first-order valence-corrected chi connectivity index (χ1v) is 12.4. The maximum Gasteiger partial charge on any atom is 0.414 e. The summed E-state index contributed by atoms with van der Waals surface area (Å²) in [5, 5.41) is 0.779. The molecule has 1 heterocycles. The van der Waals surface area contributed by atoms with Gasteiger partial charge in [-0.15, -0.1) is 0 Å². The maximum atomic E-state index is 12.8. The highest BCUT2D eigenvalue weighted by molar-refractivity contribution is 7.90. The molecule has 1 amide bonds. The molecule has 0 aliphatic heterocycles. The normalized spacial score (nSPS) is 11.5. The molecule has 3 aromatic rings. The number of fused-ring (bicyclic) bond motifs is 1. The number of methoxy groups -OCH3 is 1. The monoisotopic (exact) mass is 523 g/mol. The summed E-state index contributed by atoms with van der Waals surface area (Å²) in [7, 11) is 0.764. The largest absolute Gasteiger partial charge is 0.422 e. The molecule has 2 aromatic carbocycles. The van der Waals surface area contributed by atoms with Crippen LogP contribution in [0.2, 0.25) is 5.02 Å². The number of anilines is 1. The van der Waals surface area contributed by atoms with E-state index in [0.29, 0.717) is 27.8 Å². The number of nitrogens with zero attached hydrogens (tertiary/aromatic N) is 1. The summed E-state index contributed by atoms with van der Waals surface area (Å²) in [6.45, 7) is 2.13. The summed E-state index contributed by atoms with van der Waals surface area (Å²) in [6, 6.07) is 9.68. The first-order valence-electron chi connectivity index (χ1n) is 10.5. The van der Waals surface area contributed by atoms with Gasteiger partial charge in [-0.3, -0.25) is 4.72 Å². The van der Waals surface area contributed by atoms with E-state index in [1.54, 1.807) is 37.3 Å². The third-order valence-corrected chi connectivity index (χ3v) is 6.44. The number of ether oxygens (including phenoxy) is 2. The number of benzene rings is 2. The highest BCUT2D eigenvalue weighted by atomic mass is 35.5. The van der Waals surface area contributed by atoms with Crippen LogP contribution < -0.4 is 19.8 Å². The zero-order valence-corrected chi connectivity index (χ0v) is 21.2. The van der Waals surface area contributed by atoms with Crippen LogP contribution >= 0.6 is 11.6 Å². The lowest BCUT2D eigenvalue weighted by Gasteiger charge is -2.14. The second-order valence-corrected chi connectivity index (χ2v) is 9.81. The second kappa shape index (κ2) is 11.1. The lowest BCUT2D eigenvalue weighted by atomic mass is 9.99. The lowest BCUT2D eigenvalue weighted by molar-refractivity contribution is 0.172. The molecule has 0 fully saturated rings. The summed E-state index contributed by atoms with van der Waals surface area (Å²) < 4.78 is 44.7. The van der Waals surface area contributed by atoms with Crippen LogP contribution in [-0.2, 0) is 21.4 Å². The van der Waals surface area contributed by atoms with Crippen molar-refractivity contribution >= 4 is 44.6 Å². The summed E-state index contributed by atoms with van der Waals surface area (Å²) in [5.41, 5.74) is 1.74. The fourth-order valence-electron chi connectivity index (χ4n) is 3.28. The van der Waals surface area contributed by atoms with Gasteiger partial charge in [0, 0.05) is 51.2 Å². The van der Waals surface area contributed by atoms with Gasteiger partial charge in [0.25, 0.3) is 10.2 Å². The van der Waals surface area contributed by atoms with Gasteiger partial charge in [-0.05, 0) is 36.2 Å². The van der Waals surface area contributed by atoms with E-state index in [4.69, 9.17) is 25.5 Å². The number of carbonyl (C=O) groups excluding carboxylic acids is 1. The molecule has 3 rings (SSSR count). The van der Waals surface area contributed by atoms with Gasteiger partial charge in [0.2, 0.25) is 0 Å². The van der Waals surface area contributed by atoms with Gasteiger partial charge in [0.15, 0.2) is 5.75 Å². The molecule has 1 aromatic heterocycles. The van der Waals surface area contributed by atoms with Gasteiger partial charge in [0.05, 0.1) is 17.3 Å². The molecule has 188 valence electrons. The van der Waals surface area contributed by atoms with Crippen LogP contribution in [0.1, 0.15) is 16.7 Å².